The number of aromatic nitrogens is 1. The van der Waals surface area contributed by atoms with E-state index in [1.165, 1.54) is 11.3 Å². The van der Waals surface area contributed by atoms with Crippen LogP contribution in [0, 0.1) is 0 Å². The van der Waals surface area contributed by atoms with Crippen molar-refractivity contribution in [3.05, 3.63) is 63.6 Å². The average Bonchev–Trinajstić information content (AvgIpc) is 2.96. The second-order valence-corrected chi connectivity index (χ2v) is 6.34. The Morgan fingerprint density at radius 3 is 2.61 bits per heavy atom. The van der Waals surface area contributed by atoms with Crippen molar-refractivity contribution in [2.24, 2.45) is 5.73 Å². The number of hydrogen-bond donors (Lipinski definition) is 2. The molecule has 1 heterocycles. The van der Waals surface area contributed by atoms with E-state index in [0.29, 0.717) is 27.7 Å². The molecule has 7 heteroatoms. The molecular weight excluding hydrogens is 334 g/mol. The molecule has 2 aromatic carbocycles. The summed E-state index contributed by atoms with van der Waals surface area (Å²) in [6.45, 7) is 0.342. The van der Waals surface area contributed by atoms with Crippen molar-refractivity contribution in [3.8, 4) is 0 Å². The van der Waals surface area contributed by atoms with Crippen LogP contribution in [0.3, 0.4) is 0 Å². The van der Waals surface area contributed by atoms with E-state index in [1.54, 1.807) is 36.4 Å². The number of rotatable bonds is 4. The molecule has 0 saturated carbocycles. The van der Waals surface area contributed by atoms with Gasteiger partial charge in [0.25, 0.3) is 5.91 Å². The second kappa shape index (κ2) is 6.36. The molecule has 0 aliphatic heterocycles. The number of halogens is 1. The molecule has 3 aromatic rings. The summed E-state index contributed by atoms with van der Waals surface area (Å²) in [4.78, 5) is 27.5. The van der Waals surface area contributed by atoms with Crippen LogP contribution in [0.15, 0.2) is 42.5 Å². The highest BCUT2D eigenvalue weighted by Gasteiger charge is 2.12. The Labute approximate surface area is 141 Å². The van der Waals surface area contributed by atoms with E-state index < -0.39 is 5.91 Å². The third-order valence-electron chi connectivity index (χ3n) is 3.24. The maximum absolute atomic E-state index is 12.2. The fourth-order valence-corrected chi connectivity index (χ4v) is 3.07. The fourth-order valence-electron chi connectivity index (χ4n) is 2.04. The predicted octanol–water partition coefficient (Wildman–Crippen LogP) is 2.98. The van der Waals surface area contributed by atoms with E-state index in [9.17, 15) is 9.59 Å². The number of primary amides is 1. The number of carbonyl (C=O) groups excluding carboxylic acids is 2. The Morgan fingerprint density at radius 2 is 1.91 bits per heavy atom. The number of carbonyl (C=O) groups is 2. The Balaban J connectivity index is 1.69. The van der Waals surface area contributed by atoms with Crippen LogP contribution in [-0.2, 0) is 6.54 Å². The molecule has 0 spiro atoms. The summed E-state index contributed by atoms with van der Waals surface area (Å²) in [6, 6.07) is 12.1. The molecule has 0 bridgehead atoms. The lowest BCUT2D eigenvalue weighted by molar-refractivity contribution is 0.0949. The standard InChI is InChI=1S/C16H12ClN3O2S/c17-11-5-6-13-12(7-11)20-16(23-13)15(22)19-8-9-1-3-10(4-2-9)14(18)21/h1-7H,8H2,(H2,18,21)(H,19,22). The van der Waals surface area contributed by atoms with Gasteiger partial charge in [-0.2, -0.15) is 0 Å². The van der Waals surface area contributed by atoms with Gasteiger partial charge < -0.3 is 11.1 Å². The number of nitrogens with zero attached hydrogens (tertiary/aromatic N) is 1. The molecule has 1 aromatic heterocycles. The number of nitrogens with one attached hydrogen (secondary N) is 1. The molecule has 3 rings (SSSR count). The van der Waals surface area contributed by atoms with Crippen LogP contribution >= 0.6 is 22.9 Å². The quantitative estimate of drug-likeness (QED) is 0.762. The van der Waals surface area contributed by atoms with Crippen LogP contribution in [0.25, 0.3) is 10.2 Å². The Bertz CT molecular complexity index is 890. The topological polar surface area (TPSA) is 85.1 Å². The van der Waals surface area contributed by atoms with Gasteiger partial charge in [0.1, 0.15) is 0 Å². The molecule has 0 atom stereocenters. The van der Waals surface area contributed by atoms with Gasteiger partial charge in [-0.15, -0.1) is 11.3 Å². The molecule has 0 aliphatic rings. The number of fused-ring (bicyclic) bond motifs is 1. The maximum Gasteiger partial charge on any atom is 0.280 e. The van der Waals surface area contributed by atoms with Crippen LogP contribution < -0.4 is 11.1 Å². The summed E-state index contributed by atoms with van der Waals surface area (Å²) in [6.07, 6.45) is 0. The highest BCUT2D eigenvalue weighted by Crippen LogP contribution is 2.24. The molecule has 0 unspecified atom stereocenters. The SMILES string of the molecule is NC(=O)c1ccc(CNC(=O)c2nc3cc(Cl)ccc3s2)cc1. The largest absolute Gasteiger partial charge is 0.366 e. The minimum atomic E-state index is -0.478. The highest BCUT2D eigenvalue weighted by molar-refractivity contribution is 7.20. The summed E-state index contributed by atoms with van der Waals surface area (Å²) >= 11 is 7.23. The van der Waals surface area contributed by atoms with Crippen LogP contribution in [0.2, 0.25) is 5.02 Å². The Morgan fingerprint density at radius 1 is 1.17 bits per heavy atom. The normalized spacial score (nSPS) is 10.7. The van der Waals surface area contributed by atoms with Gasteiger partial charge in [-0.05, 0) is 35.9 Å². The first-order valence-corrected chi connectivity index (χ1v) is 7.95. The summed E-state index contributed by atoms with van der Waals surface area (Å²) in [5, 5.41) is 3.77. The molecule has 0 radical (unpaired) electrons. The monoisotopic (exact) mass is 345 g/mol. The summed E-state index contributed by atoms with van der Waals surface area (Å²) in [5.41, 5.74) is 7.19. The van der Waals surface area contributed by atoms with E-state index in [1.807, 2.05) is 6.07 Å². The first-order chi connectivity index (χ1) is 11.0. The Hall–Kier alpha value is -2.44. The van der Waals surface area contributed by atoms with Gasteiger partial charge in [-0.3, -0.25) is 9.59 Å². The molecular formula is C16H12ClN3O2S. The molecule has 2 amide bonds. The van der Waals surface area contributed by atoms with Crippen molar-refractivity contribution in [2.45, 2.75) is 6.54 Å². The van der Waals surface area contributed by atoms with Gasteiger partial charge in [0, 0.05) is 17.1 Å². The van der Waals surface area contributed by atoms with Gasteiger partial charge >= 0.3 is 0 Å². The van der Waals surface area contributed by atoms with Crippen molar-refractivity contribution in [2.75, 3.05) is 0 Å². The van der Waals surface area contributed by atoms with Gasteiger partial charge in [0.2, 0.25) is 5.91 Å². The van der Waals surface area contributed by atoms with Gasteiger partial charge in [0.05, 0.1) is 10.2 Å². The molecule has 116 valence electrons. The molecule has 23 heavy (non-hydrogen) atoms. The number of hydrogen-bond acceptors (Lipinski definition) is 4. The zero-order valence-corrected chi connectivity index (χ0v) is 13.4. The van der Waals surface area contributed by atoms with Crippen molar-refractivity contribution < 1.29 is 9.59 Å². The van der Waals surface area contributed by atoms with Gasteiger partial charge in [0.15, 0.2) is 5.01 Å². The minimum Gasteiger partial charge on any atom is -0.366 e. The first kappa shape index (κ1) is 15.5. The lowest BCUT2D eigenvalue weighted by Gasteiger charge is -2.04. The lowest BCUT2D eigenvalue weighted by atomic mass is 10.1. The third kappa shape index (κ3) is 3.49. The van der Waals surface area contributed by atoms with Crippen molar-refractivity contribution in [1.82, 2.24) is 10.3 Å². The fraction of sp³-hybridized carbons (Fsp3) is 0.0625. The van der Waals surface area contributed by atoms with Crippen molar-refractivity contribution >= 4 is 45.0 Å². The molecule has 3 N–H and O–H groups in total. The van der Waals surface area contributed by atoms with E-state index in [4.69, 9.17) is 17.3 Å². The van der Waals surface area contributed by atoms with E-state index >= 15 is 0 Å². The van der Waals surface area contributed by atoms with Crippen LogP contribution in [-0.4, -0.2) is 16.8 Å². The van der Waals surface area contributed by atoms with Gasteiger partial charge in [-0.1, -0.05) is 23.7 Å². The van der Waals surface area contributed by atoms with E-state index in [2.05, 4.69) is 10.3 Å². The number of thiazole rings is 1. The molecule has 0 saturated heterocycles. The summed E-state index contributed by atoms with van der Waals surface area (Å²) < 4.78 is 0.908. The minimum absolute atomic E-state index is 0.249. The summed E-state index contributed by atoms with van der Waals surface area (Å²) in [5.74, 6) is -0.727. The molecule has 0 aliphatic carbocycles. The predicted molar refractivity (Wildman–Crippen MR) is 90.8 cm³/mol. The first-order valence-electron chi connectivity index (χ1n) is 6.76. The zero-order chi connectivity index (χ0) is 16.4. The average molecular weight is 346 g/mol. The van der Waals surface area contributed by atoms with E-state index in [-0.39, 0.29) is 5.91 Å². The molecule has 0 fully saturated rings. The van der Waals surface area contributed by atoms with Crippen molar-refractivity contribution in [1.29, 1.82) is 0 Å². The maximum atomic E-state index is 12.2. The second-order valence-electron chi connectivity index (χ2n) is 4.87. The highest BCUT2D eigenvalue weighted by atomic mass is 35.5. The Kier molecular flexibility index (Phi) is 4.27. The number of amides is 2. The van der Waals surface area contributed by atoms with Crippen LogP contribution in [0.4, 0.5) is 0 Å². The van der Waals surface area contributed by atoms with E-state index in [0.717, 1.165) is 10.3 Å². The smallest absolute Gasteiger partial charge is 0.280 e. The van der Waals surface area contributed by atoms with Crippen molar-refractivity contribution in [3.63, 3.8) is 0 Å². The lowest BCUT2D eigenvalue weighted by Crippen LogP contribution is -2.22. The van der Waals surface area contributed by atoms with Crippen LogP contribution in [0.5, 0.6) is 0 Å². The number of nitrogens with two attached hydrogens (primary N) is 1. The third-order valence-corrected chi connectivity index (χ3v) is 4.51. The zero-order valence-electron chi connectivity index (χ0n) is 11.9. The van der Waals surface area contributed by atoms with Gasteiger partial charge in [-0.25, -0.2) is 4.98 Å². The number of benzene rings is 2. The molecule has 5 nitrogen and oxygen atoms in total. The summed E-state index contributed by atoms with van der Waals surface area (Å²) in [7, 11) is 0. The van der Waals surface area contributed by atoms with Crippen LogP contribution in [0.1, 0.15) is 25.7 Å².